The van der Waals surface area contributed by atoms with E-state index < -0.39 is 5.97 Å². The predicted octanol–water partition coefficient (Wildman–Crippen LogP) is 2.47. The molecule has 1 aromatic heterocycles. The number of carbonyl (C=O) groups is 1. The highest BCUT2D eigenvalue weighted by Crippen LogP contribution is 2.41. The van der Waals surface area contributed by atoms with E-state index in [9.17, 15) is 9.90 Å². The van der Waals surface area contributed by atoms with Gasteiger partial charge in [0.15, 0.2) is 11.0 Å². The van der Waals surface area contributed by atoms with Gasteiger partial charge in [-0.15, -0.1) is 10.2 Å². The molecule has 110 valence electrons. The number of rotatable bonds is 5. The number of carboxylic acid groups (broad SMARTS) is 1. The molecule has 6 nitrogen and oxygen atoms in total. The second kappa shape index (κ2) is 5.40. The number of aliphatic carboxylic acids is 1. The summed E-state index contributed by atoms with van der Waals surface area (Å²) in [7, 11) is 0. The summed E-state index contributed by atoms with van der Waals surface area (Å²) in [5.41, 5.74) is 1.59. The van der Waals surface area contributed by atoms with Gasteiger partial charge in [0.1, 0.15) is 5.75 Å². The molecule has 2 N–H and O–H groups in total. The first-order valence-corrected chi connectivity index (χ1v) is 7.64. The first-order chi connectivity index (χ1) is 10.1. The zero-order valence-electron chi connectivity index (χ0n) is 11.5. The minimum absolute atomic E-state index is 0.0377. The number of nitrogens with zero attached hydrogens (tertiary/aromatic N) is 3. The van der Waals surface area contributed by atoms with Gasteiger partial charge in [-0.1, -0.05) is 23.9 Å². The van der Waals surface area contributed by atoms with E-state index in [-0.39, 0.29) is 11.5 Å². The number of phenolic OH excluding ortho intramolecular Hbond substituents is 1. The Balaban J connectivity index is 1.98. The third-order valence-electron chi connectivity index (χ3n) is 3.37. The van der Waals surface area contributed by atoms with Crippen molar-refractivity contribution in [1.82, 2.24) is 14.8 Å². The van der Waals surface area contributed by atoms with Crippen LogP contribution in [0.25, 0.3) is 11.4 Å². The van der Waals surface area contributed by atoms with Gasteiger partial charge >= 0.3 is 5.97 Å². The largest absolute Gasteiger partial charge is 0.508 e. The molecule has 1 aromatic carbocycles. The van der Waals surface area contributed by atoms with Gasteiger partial charge in [-0.05, 0) is 31.4 Å². The van der Waals surface area contributed by atoms with Crippen molar-refractivity contribution in [2.45, 2.75) is 31.0 Å². The SMILES string of the molecule is Cc1ccc(-c2nnc(SCC(=O)O)n2C2CC2)cc1O. The molecule has 0 aliphatic heterocycles. The summed E-state index contributed by atoms with van der Waals surface area (Å²) in [5.74, 6) is -0.0116. The number of aromatic nitrogens is 3. The fourth-order valence-corrected chi connectivity index (χ4v) is 2.83. The lowest BCUT2D eigenvalue weighted by Crippen LogP contribution is -2.03. The second-order valence-electron chi connectivity index (χ2n) is 5.09. The molecule has 0 bridgehead atoms. The number of hydrogen-bond donors (Lipinski definition) is 2. The number of thioether (sulfide) groups is 1. The van der Waals surface area contributed by atoms with E-state index in [1.807, 2.05) is 23.6 Å². The van der Waals surface area contributed by atoms with Crippen LogP contribution in [0.15, 0.2) is 23.4 Å². The van der Waals surface area contributed by atoms with Crippen molar-refractivity contribution in [1.29, 1.82) is 0 Å². The van der Waals surface area contributed by atoms with Crippen molar-refractivity contribution in [3.63, 3.8) is 0 Å². The van der Waals surface area contributed by atoms with Gasteiger partial charge in [0, 0.05) is 11.6 Å². The van der Waals surface area contributed by atoms with E-state index in [1.165, 1.54) is 11.8 Å². The molecule has 0 spiro atoms. The molecule has 1 saturated carbocycles. The maximum atomic E-state index is 10.7. The van der Waals surface area contributed by atoms with Crippen LogP contribution in [0.3, 0.4) is 0 Å². The van der Waals surface area contributed by atoms with Crippen molar-refractivity contribution in [2.24, 2.45) is 0 Å². The first kappa shape index (κ1) is 13.9. The summed E-state index contributed by atoms with van der Waals surface area (Å²) in [5, 5.41) is 27.6. The zero-order chi connectivity index (χ0) is 15.0. The van der Waals surface area contributed by atoms with Crippen LogP contribution in [0.1, 0.15) is 24.4 Å². The Hall–Kier alpha value is -2.02. The van der Waals surface area contributed by atoms with Crippen molar-refractivity contribution in [3.8, 4) is 17.1 Å². The van der Waals surface area contributed by atoms with Gasteiger partial charge in [0.05, 0.1) is 5.75 Å². The van der Waals surface area contributed by atoms with Crippen LogP contribution in [0.4, 0.5) is 0 Å². The van der Waals surface area contributed by atoms with Gasteiger partial charge in [0.2, 0.25) is 0 Å². The minimum atomic E-state index is -0.875. The fraction of sp³-hybridized carbons (Fsp3) is 0.357. The quantitative estimate of drug-likeness (QED) is 0.825. The summed E-state index contributed by atoms with van der Waals surface area (Å²) in [6.07, 6.45) is 2.09. The van der Waals surface area contributed by atoms with Crippen LogP contribution in [0.2, 0.25) is 0 Å². The molecule has 0 atom stereocenters. The van der Waals surface area contributed by atoms with E-state index in [2.05, 4.69) is 10.2 Å². The van der Waals surface area contributed by atoms with Gasteiger partial charge < -0.3 is 10.2 Å². The third-order valence-corrected chi connectivity index (χ3v) is 4.30. The summed E-state index contributed by atoms with van der Waals surface area (Å²) in [6.45, 7) is 1.83. The lowest BCUT2D eigenvalue weighted by Gasteiger charge is -2.09. The summed E-state index contributed by atoms with van der Waals surface area (Å²) in [4.78, 5) is 10.7. The Labute approximate surface area is 125 Å². The van der Waals surface area contributed by atoms with E-state index in [0.717, 1.165) is 24.0 Å². The minimum Gasteiger partial charge on any atom is -0.508 e. The Morgan fingerprint density at radius 3 is 2.81 bits per heavy atom. The molecular formula is C14H15N3O3S. The van der Waals surface area contributed by atoms with Crippen molar-refractivity contribution in [3.05, 3.63) is 23.8 Å². The Kier molecular flexibility index (Phi) is 3.59. The molecule has 1 aliphatic rings. The standard InChI is InChI=1S/C14H15N3O3S/c1-8-2-3-9(6-11(8)18)13-15-16-14(21-7-12(19)20)17(13)10-4-5-10/h2-3,6,10,18H,4-5,7H2,1H3,(H,19,20). The molecule has 3 rings (SSSR count). The van der Waals surface area contributed by atoms with Crippen molar-refractivity contribution in [2.75, 3.05) is 5.75 Å². The highest BCUT2D eigenvalue weighted by atomic mass is 32.2. The molecule has 1 heterocycles. The third kappa shape index (κ3) is 2.87. The van der Waals surface area contributed by atoms with Crippen LogP contribution in [0, 0.1) is 6.92 Å². The van der Waals surface area contributed by atoms with Gasteiger partial charge in [-0.25, -0.2) is 0 Å². The molecule has 1 aliphatic carbocycles. The maximum Gasteiger partial charge on any atom is 0.313 e. The molecule has 2 aromatic rings. The number of aromatic hydroxyl groups is 1. The normalized spacial score (nSPS) is 14.3. The summed E-state index contributed by atoms with van der Waals surface area (Å²) >= 11 is 1.17. The van der Waals surface area contributed by atoms with Crippen LogP contribution >= 0.6 is 11.8 Å². The molecule has 7 heteroatoms. The van der Waals surface area contributed by atoms with E-state index >= 15 is 0 Å². The predicted molar refractivity (Wildman–Crippen MR) is 78.5 cm³/mol. The molecule has 1 fully saturated rings. The summed E-state index contributed by atoms with van der Waals surface area (Å²) < 4.78 is 1.98. The van der Waals surface area contributed by atoms with Gasteiger partial charge in [-0.3, -0.25) is 9.36 Å². The van der Waals surface area contributed by atoms with E-state index in [4.69, 9.17) is 5.11 Å². The molecular weight excluding hydrogens is 290 g/mol. The van der Waals surface area contributed by atoms with Gasteiger partial charge in [-0.2, -0.15) is 0 Å². The topological polar surface area (TPSA) is 88.2 Å². The fourth-order valence-electron chi connectivity index (χ4n) is 2.11. The van der Waals surface area contributed by atoms with Crippen molar-refractivity contribution < 1.29 is 15.0 Å². The van der Waals surface area contributed by atoms with E-state index in [1.54, 1.807) is 6.07 Å². The molecule has 0 saturated heterocycles. The Bertz CT molecular complexity index is 695. The zero-order valence-corrected chi connectivity index (χ0v) is 12.3. The number of benzene rings is 1. The van der Waals surface area contributed by atoms with Crippen molar-refractivity contribution >= 4 is 17.7 Å². The maximum absolute atomic E-state index is 10.7. The first-order valence-electron chi connectivity index (χ1n) is 6.65. The smallest absolute Gasteiger partial charge is 0.313 e. The van der Waals surface area contributed by atoms with Crippen LogP contribution in [-0.4, -0.2) is 36.7 Å². The Morgan fingerprint density at radius 1 is 1.43 bits per heavy atom. The van der Waals surface area contributed by atoms with Crippen LogP contribution in [-0.2, 0) is 4.79 Å². The number of aryl methyl sites for hydroxylation is 1. The van der Waals surface area contributed by atoms with Crippen LogP contribution < -0.4 is 0 Å². The molecule has 0 radical (unpaired) electrons. The Morgan fingerprint density at radius 2 is 2.19 bits per heavy atom. The average Bonchev–Trinajstić information content (AvgIpc) is 3.19. The molecule has 0 amide bonds. The summed E-state index contributed by atoms with van der Waals surface area (Å²) in [6, 6.07) is 5.73. The lowest BCUT2D eigenvalue weighted by atomic mass is 10.1. The molecule has 21 heavy (non-hydrogen) atoms. The number of carboxylic acids is 1. The number of phenols is 1. The second-order valence-corrected chi connectivity index (χ2v) is 6.03. The van der Waals surface area contributed by atoms with E-state index in [0.29, 0.717) is 17.0 Å². The number of hydrogen-bond acceptors (Lipinski definition) is 5. The lowest BCUT2D eigenvalue weighted by molar-refractivity contribution is -0.133. The highest BCUT2D eigenvalue weighted by molar-refractivity contribution is 7.99. The average molecular weight is 305 g/mol. The molecule has 0 unspecified atom stereocenters. The monoisotopic (exact) mass is 305 g/mol. The van der Waals surface area contributed by atoms with Gasteiger partial charge in [0.25, 0.3) is 0 Å². The highest BCUT2D eigenvalue weighted by Gasteiger charge is 2.30. The van der Waals surface area contributed by atoms with Crippen LogP contribution in [0.5, 0.6) is 5.75 Å².